The number of nitrogens with zero attached hydrogens (tertiary/aromatic N) is 8. The molecule has 0 aliphatic carbocycles. The lowest BCUT2D eigenvalue weighted by Gasteiger charge is -2.17. The molecule has 0 bridgehead atoms. The van der Waals surface area contributed by atoms with Crippen LogP contribution >= 0.6 is 0 Å². The van der Waals surface area contributed by atoms with Crippen LogP contribution in [0.4, 0.5) is 5.69 Å². The first-order valence-corrected chi connectivity index (χ1v) is 9.65. The first-order chi connectivity index (χ1) is 14.6. The topological polar surface area (TPSA) is 130 Å². The van der Waals surface area contributed by atoms with Gasteiger partial charge in [-0.3, -0.25) is 4.57 Å². The number of nitrogens with one attached hydrogen (secondary N) is 1. The predicted molar refractivity (Wildman–Crippen MR) is 110 cm³/mol. The van der Waals surface area contributed by atoms with E-state index in [1.54, 1.807) is 27.8 Å². The standard InChI is InChI=1S/C20H21N9O/c1-3-4-15-10-29(27-26-15)18-9-22-19(6-16(18)25-13(2)11-30)28-12-24-17-5-14(7-21)8-23-20(17)28/h5-6,8-10,12-13,30H,3-4,11H2,1-2H3,(H,22,25). The zero-order valence-corrected chi connectivity index (χ0v) is 16.7. The van der Waals surface area contributed by atoms with Crippen molar-refractivity contribution in [3.05, 3.63) is 48.3 Å². The number of hydrogen-bond acceptors (Lipinski definition) is 8. The van der Waals surface area contributed by atoms with Crippen LogP contribution in [-0.2, 0) is 6.42 Å². The predicted octanol–water partition coefficient (Wildman–Crippen LogP) is 2.01. The SMILES string of the molecule is CCCc1cn(-c2cnc(-n3cnc4cc(C#N)cnc43)cc2NC(C)CO)nn1. The van der Waals surface area contributed by atoms with Crippen LogP contribution < -0.4 is 5.32 Å². The van der Waals surface area contributed by atoms with Gasteiger partial charge in [-0.2, -0.15) is 5.26 Å². The molecular weight excluding hydrogens is 382 g/mol. The van der Waals surface area contributed by atoms with Gasteiger partial charge in [-0.05, 0) is 19.4 Å². The summed E-state index contributed by atoms with van der Waals surface area (Å²) in [7, 11) is 0. The summed E-state index contributed by atoms with van der Waals surface area (Å²) in [6, 6.07) is 5.43. The summed E-state index contributed by atoms with van der Waals surface area (Å²) in [5, 5.41) is 30.3. The molecule has 30 heavy (non-hydrogen) atoms. The Morgan fingerprint density at radius 2 is 2.10 bits per heavy atom. The van der Waals surface area contributed by atoms with Crippen molar-refractivity contribution < 1.29 is 5.11 Å². The number of nitriles is 1. The molecule has 0 aromatic carbocycles. The molecule has 1 unspecified atom stereocenters. The van der Waals surface area contributed by atoms with Crippen molar-refractivity contribution in [1.29, 1.82) is 5.26 Å². The Labute approximate surface area is 172 Å². The molecule has 0 spiro atoms. The summed E-state index contributed by atoms with van der Waals surface area (Å²) in [4.78, 5) is 13.3. The van der Waals surface area contributed by atoms with Gasteiger partial charge in [0.1, 0.15) is 29.4 Å². The number of hydrogen-bond donors (Lipinski definition) is 2. The highest BCUT2D eigenvalue weighted by molar-refractivity contribution is 5.74. The van der Waals surface area contributed by atoms with Crippen molar-refractivity contribution in [1.82, 2.24) is 34.5 Å². The third-order valence-corrected chi connectivity index (χ3v) is 4.60. The van der Waals surface area contributed by atoms with Crippen LogP contribution in [0.3, 0.4) is 0 Å². The lowest BCUT2D eigenvalue weighted by molar-refractivity contribution is 0.281. The number of pyridine rings is 2. The molecule has 0 aliphatic heterocycles. The Bertz CT molecular complexity index is 1220. The second-order valence-electron chi connectivity index (χ2n) is 6.99. The summed E-state index contributed by atoms with van der Waals surface area (Å²) >= 11 is 0. The second kappa shape index (κ2) is 8.26. The zero-order valence-electron chi connectivity index (χ0n) is 16.7. The van der Waals surface area contributed by atoms with Gasteiger partial charge in [-0.25, -0.2) is 19.6 Å². The van der Waals surface area contributed by atoms with Gasteiger partial charge in [0.25, 0.3) is 0 Å². The van der Waals surface area contributed by atoms with E-state index in [9.17, 15) is 5.11 Å². The number of aliphatic hydroxyl groups is 1. The minimum atomic E-state index is -0.173. The van der Waals surface area contributed by atoms with Crippen LogP contribution in [-0.4, -0.2) is 52.3 Å². The Morgan fingerprint density at radius 1 is 1.23 bits per heavy atom. The number of aromatic nitrogens is 7. The van der Waals surface area contributed by atoms with Crippen LogP contribution in [0.25, 0.3) is 22.7 Å². The van der Waals surface area contributed by atoms with Crippen LogP contribution in [0.15, 0.2) is 37.1 Å². The highest BCUT2D eigenvalue weighted by atomic mass is 16.3. The molecule has 152 valence electrons. The van der Waals surface area contributed by atoms with Gasteiger partial charge in [0, 0.05) is 18.3 Å². The second-order valence-corrected chi connectivity index (χ2v) is 6.99. The van der Waals surface area contributed by atoms with Crippen molar-refractivity contribution >= 4 is 16.9 Å². The number of fused-ring (bicyclic) bond motifs is 1. The summed E-state index contributed by atoms with van der Waals surface area (Å²) in [6.07, 6.45) is 8.53. The third kappa shape index (κ3) is 3.70. The molecular formula is C20H21N9O. The molecule has 4 aromatic heterocycles. The van der Waals surface area contributed by atoms with Gasteiger partial charge in [-0.1, -0.05) is 18.6 Å². The van der Waals surface area contributed by atoms with E-state index in [1.807, 2.05) is 19.2 Å². The number of anilines is 1. The van der Waals surface area contributed by atoms with E-state index in [4.69, 9.17) is 5.26 Å². The van der Waals surface area contributed by atoms with E-state index in [2.05, 4.69) is 43.6 Å². The molecule has 10 heteroatoms. The maximum absolute atomic E-state index is 9.51. The largest absolute Gasteiger partial charge is 0.394 e. The molecule has 10 nitrogen and oxygen atoms in total. The van der Waals surface area contributed by atoms with Crippen molar-refractivity contribution in [2.24, 2.45) is 0 Å². The van der Waals surface area contributed by atoms with Gasteiger partial charge < -0.3 is 10.4 Å². The monoisotopic (exact) mass is 403 g/mol. The lowest BCUT2D eigenvalue weighted by atomic mass is 10.2. The zero-order chi connectivity index (χ0) is 21.1. The molecule has 4 heterocycles. The minimum absolute atomic E-state index is 0.0258. The van der Waals surface area contributed by atoms with Crippen molar-refractivity contribution in [3.8, 4) is 17.6 Å². The van der Waals surface area contributed by atoms with Crippen LogP contribution in [0, 0.1) is 11.3 Å². The number of aryl methyl sites for hydroxylation is 1. The molecule has 0 amide bonds. The molecule has 1 atom stereocenters. The fraction of sp³-hybridized carbons (Fsp3) is 0.300. The molecule has 0 saturated heterocycles. The van der Waals surface area contributed by atoms with Gasteiger partial charge >= 0.3 is 0 Å². The summed E-state index contributed by atoms with van der Waals surface area (Å²) in [5.74, 6) is 0.597. The van der Waals surface area contributed by atoms with E-state index in [0.717, 1.165) is 29.9 Å². The van der Waals surface area contributed by atoms with E-state index < -0.39 is 0 Å². The lowest BCUT2D eigenvalue weighted by Crippen LogP contribution is -2.21. The van der Waals surface area contributed by atoms with Gasteiger partial charge in [-0.15, -0.1) is 5.10 Å². The van der Waals surface area contributed by atoms with E-state index in [0.29, 0.717) is 22.5 Å². The summed E-state index contributed by atoms with van der Waals surface area (Å²) < 4.78 is 3.43. The Balaban J connectivity index is 1.78. The summed E-state index contributed by atoms with van der Waals surface area (Å²) in [6.45, 7) is 3.95. The van der Waals surface area contributed by atoms with Crippen molar-refractivity contribution in [2.45, 2.75) is 32.7 Å². The molecule has 2 N–H and O–H groups in total. The van der Waals surface area contributed by atoms with Gasteiger partial charge in [0.2, 0.25) is 0 Å². The van der Waals surface area contributed by atoms with Crippen LogP contribution in [0.1, 0.15) is 31.5 Å². The molecule has 0 fully saturated rings. The Hall–Kier alpha value is -3.84. The molecule has 0 radical (unpaired) electrons. The maximum Gasteiger partial charge on any atom is 0.165 e. The first kappa shape index (κ1) is 19.5. The Morgan fingerprint density at radius 3 is 2.87 bits per heavy atom. The highest BCUT2D eigenvalue weighted by Crippen LogP contribution is 2.24. The molecule has 4 aromatic rings. The van der Waals surface area contributed by atoms with Crippen LogP contribution in [0.2, 0.25) is 0 Å². The van der Waals surface area contributed by atoms with E-state index in [-0.39, 0.29) is 12.6 Å². The molecule has 0 aliphatic rings. The van der Waals surface area contributed by atoms with Gasteiger partial charge in [0.15, 0.2) is 5.65 Å². The third-order valence-electron chi connectivity index (χ3n) is 4.60. The van der Waals surface area contributed by atoms with Crippen molar-refractivity contribution in [3.63, 3.8) is 0 Å². The highest BCUT2D eigenvalue weighted by Gasteiger charge is 2.15. The van der Waals surface area contributed by atoms with E-state index >= 15 is 0 Å². The summed E-state index contributed by atoms with van der Waals surface area (Å²) in [5.41, 5.74) is 4.02. The van der Waals surface area contributed by atoms with Crippen molar-refractivity contribution in [2.75, 3.05) is 11.9 Å². The van der Waals surface area contributed by atoms with Gasteiger partial charge in [0.05, 0.1) is 35.9 Å². The smallest absolute Gasteiger partial charge is 0.165 e. The fourth-order valence-electron chi connectivity index (χ4n) is 3.09. The molecule has 4 rings (SSSR count). The Kier molecular flexibility index (Phi) is 5.36. The average Bonchev–Trinajstić information content (AvgIpc) is 3.40. The number of imidazole rings is 1. The number of rotatable bonds is 7. The normalized spacial score (nSPS) is 12.1. The first-order valence-electron chi connectivity index (χ1n) is 9.65. The maximum atomic E-state index is 9.51. The van der Waals surface area contributed by atoms with E-state index in [1.165, 1.54) is 6.20 Å². The minimum Gasteiger partial charge on any atom is -0.394 e. The average molecular weight is 403 g/mol. The quantitative estimate of drug-likeness (QED) is 0.479. The van der Waals surface area contributed by atoms with Crippen LogP contribution in [0.5, 0.6) is 0 Å². The molecule has 0 saturated carbocycles. The fourth-order valence-corrected chi connectivity index (χ4v) is 3.09. The number of aliphatic hydroxyl groups excluding tert-OH is 1.